The summed E-state index contributed by atoms with van der Waals surface area (Å²) in [5.41, 5.74) is 3.57. The van der Waals surface area contributed by atoms with Crippen LogP contribution in [-0.4, -0.2) is 10.2 Å². The van der Waals surface area contributed by atoms with E-state index >= 15 is 0 Å². The molecule has 2 aromatic heterocycles. The highest BCUT2D eigenvalue weighted by molar-refractivity contribution is 7.13. The van der Waals surface area contributed by atoms with Crippen LogP contribution in [0.2, 0.25) is 0 Å². The first kappa shape index (κ1) is 13.8. The number of thiophene rings is 1. The highest BCUT2D eigenvalue weighted by atomic mass is 32.1. The van der Waals surface area contributed by atoms with Gasteiger partial charge in [-0.05, 0) is 48.6 Å². The lowest BCUT2D eigenvalue weighted by atomic mass is 10.1. The number of rotatable bonds is 4. The molecule has 0 aliphatic carbocycles. The summed E-state index contributed by atoms with van der Waals surface area (Å²) in [5, 5.41) is 13.4. The molecule has 0 aliphatic rings. The molecule has 0 saturated heterocycles. The molecule has 1 aromatic carbocycles. The van der Waals surface area contributed by atoms with Gasteiger partial charge in [0.2, 0.25) is 11.8 Å². The summed E-state index contributed by atoms with van der Waals surface area (Å²) >= 11 is 1.76. The van der Waals surface area contributed by atoms with Gasteiger partial charge in [-0.3, -0.25) is 0 Å². The molecule has 3 aromatic rings. The Kier molecular flexibility index (Phi) is 3.75. The molecule has 0 amide bonds. The van der Waals surface area contributed by atoms with Gasteiger partial charge >= 0.3 is 0 Å². The SMILES string of the molecule is Cc1nnc([C@@H](C)Nc2cccc(-c3sccc3C)c2)o1. The van der Waals surface area contributed by atoms with Gasteiger partial charge in [0.1, 0.15) is 6.04 Å². The van der Waals surface area contributed by atoms with Crippen LogP contribution in [0.1, 0.15) is 30.3 Å². The zero-order valence-corrected chi connectivity index (χ0v) is 13.1. The van der Waals surface area contributed by atoms with E-state index < -0.39 is 0 Å². The monoisotopic (exact) mass is 299 g/mol. The van der Waals surface area contributed by atoms with E-state index in [4.69, 9.17) is 4.42 Å². The minimum atomic E-state index is -0.0223. The van der Waals surface area contributed by atoms with Crippen LogP contribution in [0.4, 0.5) is 5.69 Å². The minimum absolute atomic E-state index is 0.0223. The van der Waals surface area contributed by atoms with Gasteiger partial charge in [0.25, 0.3) is 0 Å². The number of hydrogen-bond donors (Lipinski definition) is 1. The van der Waals surface area contributed by atoms with Crippen LogP contribution < -0.4 is 5.32 Å². The Morgan fingerprint density at radius 2 is 2.05 bits per heavy atom. The smallest absolute Gasteiger partial charge is 0.238 e. The minimum Gasteiger partial charge on any atom is -0.423 e. The molecule has 0 bridgehead atoms. The molecule has 1 N–H and O–H groups in total. The quantitative estimate of drug-likeness (QED) is 0.765. The van der Waals surface area contributed by atoms with E-state index in [-0.39, 0.29) is 6.04 Å². The van der Waals surface area contributed by atoms with Crippen molar-refractivity contribution in [3.8, 4) is 10.4 Å². The van der Waals surface area contributed by atoms with Crippen LogP contribution in [-0.2, 0) is 0 Å². The van der Waals surface area contributed by atoms with E-state index in [9.17, 15) is 0 Å². The molecule has 108 valence electrons. The van der Waals surface area contributed by atoms with Gasteiger partial charge < -0.3 is 9.73 Å². The molecule has 0 unspecified atom stereocenters. The average Bonchev–Trinajstić information content (AvgIpc) is 3.08. The van der Waals surface area contributed by atoms with Crippen molar-refractivity contribution in [1.82, 2.24) is 10.2 Å². The lowest BCUT2D eigenvalue weighted by Crippen LogP contribution is -2.07. The second kappa shape index (κ2) is 5.69. The van der Waals surface area contributed by atoms with Crippen LogP contribution >= 0.6 is 11.3 Å². The van der Waals surface area contributed by atoms with Crippen LogP contribution in [0, 0.1) is 13.8 Å². The van der Waals surface area contributed by atoms with E-state index in [0.29, 0.717) is 11.8 Å². The van der Waals surface area contributed by atoms with Gasteiger partial charge in [-0.15, -0.1) is 21.5 Å². The Bertz CT molecular complexity index is 747. The summed E-state index contributed by atoms with van der Waals surface area (Å²) in [5.74, 6) is 1.19. The maximum absolute atomic E-state index is 5.46. The maximum Gasteiger partial charge on any atom is 0.238 e. The highest BCUT2D eigenvalue weighted by Crippen LogP contribution is 2.31. The van der Waals surface area contributed by atoms with Crippen LogP contribution in [0.15, 0.2) is 40.1 Å². The number of benzene rings is 1. The lowest BCUT2D eigenvalue weighted by Gasteiger charge is -2.12. The predicted octanol–water partition coefficient (Wildman–Crippen LogP) is 4.59. The molecule has 0 radical (unpaired) electrons. The van der Waals surface area contributed by atoms with E-state index in [0.717, 1.165) is 5.69 Å². The van der Waals surface area contributed by atoms with E-state index in [1.807, 2.05) is 13.0 Å². The molecular formula is C16H17N3OS. The van der Waals surface area contributed by atoms with Gasteiger partial charge in [-0.1, -0.05) is 12.1 Å². The third-order valence-electron chi connectivity index (χ3n) is 3.28. The first-order valence-corrected chi connectivity index (χ1v) is 7.72. The van der Waals surface area contributed by atoms with Crippen LogP contribution in [0.25, 0.3) is 10.4 Å². The fourth-order valence-corrected chi connectivity index (χ4v) is 3.14. The standard InChI is InChI=1S/C16H17N3OS/c1-10-7-8-21-15(10)13-5-4-6-14(9-13)17-11(2)16-19-18-12(3)20-16/h4-9,11,17H,1-3H3/t11-/m1/s1. The molecule has 2 heterocycles. The van der Waals surface area contributed by atoms with Crippen LogP contribution in [0.5, 0.6) is 0 Å². The van der Waals surface area contributed by atoms with Gasteiger partial charge in [0.05, 0.1) is 0 Å². The van der Waals surface area contributed by atoms with Gasteiger partial charge in [0, 0.05) is 17.5 Å². The number of hydrogen-bond acceptors (Lipinski definition) is 5. The maximum atomic E-state index is 5.46. The molecule has 5 heteroatoms. The Morgan fingerprint density at radius 1 is 1.19 bits per heavy atom. The van der Waals surface area contributed by atoms with Gasteiger partial charge in [-0.2, -0.15) is 0 Å². The Labute approximate surface area is 127 Å². The number of aromatic nitrogens is 2. The molecular weight excluding hydrogens is 282 g/mol. The lowest BCUT2D eigenvalue weighted by molar-refractivity contribution is 0.451. The third-order valence-corrected chi connectivity index (χ3v) is 4.35. The normalized spacial score (nSPS) is 12.3. The molecule has 21 heavy (non-hydrogen) atoms. The second-order valence-electron chi connectivity index (χ2n) is 5.04. The number of aryl methyl sites for hydroxylation is 2. The fraction of sp³-hybridized carbons (Fsp3) is 0.250. The fourth-order valence-electron chi connectivity index (χ4n) is 2.22. The van der Waals surface area contributed by atoms with Crippen molar-refractivity contribution < 1.29 is 4.42 Å². The largest absolute Gasteiger partial charge is 0.423 e. The van der Waals surface area contributed by atoms with Crippen molar-refractivity contribution in [3.63, 3.8) is 0 Å². The number of nitrogens with one attached hydrogen (secondary N) is 1. The molecule has 4 nitrogen and oxygen atoms in total. The Morgan fingerprint density at radius 3 is 2.71 bits per heavy atom. The summed E-state index contributed by atoms with van der Waals surface area (Å²) in [4.78, 5) is 1.31. The molecule has 0 aliphatic heterocycles. The Balaban J connectivity index is 1.82. The molecule has 0 spiro atoms. The first-order valence-electron chi connectivity index (χ1n) is 6.84. The van der Waals surface area contributed by atoms with Crippen molar-refractivity contribution in [1.29, 1.82) is 0 Å². The van der Waals surface area contributed by atoms with Crippen molar-refractivity contribution in [3.05, 3.63) is 53.1 Å². The van der Waals surface area contributed by atoms with E-state index in [1.54, 1.807) is 18.3 Å². The zero-order chi connectivity index (χ0) is 14.8. The first-order chi connectivity index (χ1) is 10.1. The van der Waals surface area contributed by atoms with Crippen LogP contribution in [0.3, 0.4) is 0 Å². The second-order valence-corrected chi connectivity index (χ2v) is 5.96. The predicted molar refractivity (Wildman–Crippen MR) is 85.6 cm³/mol. The van der Waals surface area contributed by atoms with E-state index in [1.165, 1.54) is 16.0 Å². The topological polar surface area (TPSA) is 51.0 Å². The Hall–Kier alpha value is -2.14. The number of anilines is 1. The highest BCUT2D eigenvalue weighted by Gasteiger charge is 2.12. The summed E-state index contributed by atoms with van der Waals surface area (Å²) in [7, 11) is 0. The molecule has 0 saturated carbocycles. The zero-order valence-electron chi connectivity index (χ0n) is 12.3. The summed E-state index contributed by atoms with van der Waals surface area (Å²) in [6, 6.07) is 10.5. The van der Waals surface area contributed by atoms with Crippen molar-refractivity contribution >= 4 is 17.0 Å². The number of nitrogens with zero attached hydrogens (tertiary/aromatic N) is 2. The molecule has 3 rings (SSSR count). The molecule has 1 atom stereocenters. The van der Waals surface area contributed by atoms with Gasteiger partial charge in [0.15, 0.2) is 0 Å². The average molecular weight is 299 g/mol. The summed E-state index contributed by atoms with van der Waals surface area (Å²) in [6.07, 6.45) is 0. The van der Waals surface area contributed by atoms with Crippen molar-refractivity contribution in [2.24, 2.45) is 0 Å². The van der Waals surface area contributed by atoms with E-state index in [2.05, 4.69) is 52.1 Å². The summed E-state index contributed by atoms with van der Waals surface area (Å²) < 4.78 is 5.46. The van der Waals surface area contributed by atoms with Gasteiger partial charge in [-0.25, -0.2) is 0 Å². The van der Waals surface area contributed by atoms with Crippen molar-refractivity contribution in [2.45, 2.75) is 26.8 Å². The third kappa shape index (κ3) is 2.97. The summed E-state index contributed by atoms with van der Waals surface area (Å²) in [6.45, 7) is 5.94. The van der Waals surface area contributed by atoms with Crippen molar-refractivity contribution in [2.75, 3.05) is 5.32 Å². The molecule has 0 fully saturated rings.